The molecule has 0 aliphatic carbocycles. The van der Waals surface area contributed by atoms with Crippen LogP contribution in [0.3, 0.4) is 0 Å². The maximum absolute atomic E-state index is 11.7. The number of hydrogen-bond donors (Lipinski definition) is 10. The minimum absolute atomic E-state index is 0. The molecule has 2 fully saturated rings. The van der Waals surface area contributed by atoms with Crippen molar-refractivity contribution in [2.45, 2.75) is 137 Å². The Morgan fingerprint density at radius 3 is 1.08 bits per heavy atom. The van der Waals surface area contributed by atoms with E-state index in [1.165, 1.54) is 12.8 Å². The van der Waals surface area contributed by atoms with Gasteiger partial charge >= 0.3 is 41.5 Å². The van der Waals surface area contributed by atoms with Gasteiger partial charge in [-0.15, -0.1) is 0 Å². The van der Waals surface area contributed by atoms with Gasteiger partial charge in [0.25, 0.3) is 11.8 Å². The third-order valence-corrected chi connectivity index (χ3v) is 8.49. The summed E-state index contributed by atoms with van der Waals surface area (Å²) in [6.45, 7) is 19.3. The Balaban J connectivity index is -0.000000122. The Bertz CT molecular complexity index is 871. The van der Waals surface area contributed by atoms with Crippen LogP contribution in [0.15, 0.2) is 0 Å². The molecule has 0 aromatic rings. The average molecular weight is 826 g/mol. The van der Waals surface area contributed by atoms with E-state index >= 15 is 0 Å². The minimum Gasteiger partial charge on any atom is -1.00 e. The third-order valence-electron chi connectivity index (χ3n) is 8.49. The van der Waals surface area contributed by atoms with E-state index in [2.05, 4.69) is 59.3 Å². The maximum Gasteiger partial charge on any atom is 1.00 e. The van der Waals surface area contributed by atoms with Crippen LogP contribution in [0.5, 0.6) is 0 Å². The van der Waals surface area contributed by atoms with Crippen molar-refractivity contribution in [3.8, 4) is 0 Å². The summed E-state index contributed by atoms with van der Waals surface area (Å²) in [6, 6.07) is 0. The third kappa shape index (κ3) is 25.8. The van der Waals surface area contributed by atoms with Gasteiger partial charge in [-0.05, 0) is 24.7 Å². The Morgan fingerprint density at radius 2 is 0.887 bits per heavy atom. The monoisotopic (exact) mass is 824 g/mol. The summed E-state index contributed by atoms with van der Waals surface area (Å²) in [4.78, 5) is 44.8. The number of amides is 2. The summed E-state index contributed by atoms with van der Waals surface area (Å²) in [5, 5.41) is 62.1. The minimum atomic E-state index is -1.98. The summed E-state index contributed by atoms with van der Waals surface area (Å²) in [5.41, 5.74) is 7.51. The van der Waals surface area contributed by atoms with Gasteiger partial charge in [0.05, 0.1) is 13.1 Å². The smallest absolute Gasteiger partial charge is 1.00 e. The molecule has 2 amide bonds. The molecule has 53 heavy (non-hydrogen) atoms. The van der Waals surface area contributed by atoms with E-state index < -0.39 is 72.6 Å². The topological polar surface area (TPSA) is 317 Å². The number of aliphatic hydroxyl groups is 6. The van der Waals surface area contributed by atoms with Crippen molar-refractivity contribution in [2.75, 3.05) is 26.2 Å². The van der Waals surface area contributed by atoms with E-state index in [-0.39, 0.29) is 79.1 Å². The second kappa shape index (κ2) is 36.7. The van der Waals surface area contributed by atoms with Crippen LogP contribution in [0, 0.1) is 23.7 Å². The molecule has 0 spiro atoms. The summed E-state index contributed by atoms with van der Waals surface area (Å²) in [5.74, 6) is -1.42. The van der Waals surface area contributed by atoms with Crippen molar-refractivity contribution in [2.24, 2.45) is 23.7 Å². The molecule has 0 aromatic heterocycles. The Kier molecular flexibility index (Phi) is 46.3. The van der Waals surface area contributed by atoms with E-state index in [0.29, 0.717) is 13.1 Å². The summed E-state index contributed by atoms with van der Waals surface area (Å²) < 4.78 is 8.99. The first-order chi connectivity index (χ1) is 22.4. The molecule has 4 unspecified atom stereocenters. The van der Waals surface area contributed by atoms with E-state index in [4.69, 9.17) is 10.2 Å². The molecule has 0 radical (unpaired) electrons. The number of esters is 2. The number of halogens is 2. The largest absolute Gasteiger partial charge is 1.00 e. The first kappa shape index (κ1) is 66.9. The van der Waals surface area contributed by atoms with Crippen LogP contribution >= 0.6 is 0 Å². The van der Waals surface area contributed by atoms with Crippen molar-refractivity contribution in [1.82, 2.24) is 10.6 Å². The van der Waals surface area contributed by atoms with E-state index in [1.54, 1.807) is 0 Å². The fourth-order valence-electron chi connectivity index (χ4n) is 3.44. The Hall–Kier alpha value is -0.900. The SMILES string of the molecule is C.CCC(C)CNC(=O)[C@@H](O)[C@@H](O)[C@H](O)[C@@H](O)C(=O)NCC(C)CC.CCC(C)C[NH3+].CCC(C)C[NH3+].O=C1O[C@H]2[C@H](OC(=O)[C@@H]2O)[C@@H]1O.[Cl-].[Cl-].[Na+].[OH-]. The van der Waals surface area contributed by atoms with Gasteiger partial charge < -0.3 is 92.5 Å². The van der Waals surface area contributed by atoms with Gasteiger partial charge in [-0.2, -0.15) is 0 Å². The number of fused-ring (bicyclic) bond motifs is 1. The second-order valence-electron chi connectivity index (χ2n) is 12.7. The normalized spacial score (nSPS) is 22.1. The predicted octanol–water partition coefficient (Wildman–Crippen LogP) is -11.7. The fraction of sp³-hybridized carbons (Fsp3) is 0.879. The maximum atomic E-state index is 11.7. The quantitative estimate of drug-likeness (QED) is 0.0543. The average Bonchev–Trinajstić information content (AvgIpc) is 3.54. The Labute approximate surface area is 350 Å². The number of aliphatic hydroxyl groups excluding tert-OH is 6. The fourth-order valence-corrected chi connectivity index (χ4v) is 3.44. The number of quaternary nitrogens is 2. The summed E-state index contributed by atoms with van der Waals surface area (Å²) >= 11 is 0. The van der Waals surface area contributed by atoms with Crippen molar-refractivity contribution >= 4 is 23.8 Å². The number of ether oxygens (including phenoxy) is 2. The van der Waals surface area contributed by atoms with Crippen LogP contribution in [0.4, 0.5) is 0 Å². The standard InChI is InChI=1S/C16H32N2O6.C6H6O6.2C5H13N.CH4.2ClH.Na.H2O/c1-5-9(3)7-17-15(23)13(21)11(19)12(20)14(22)16(24)18-8-10(4)6-2;7-1-3-4(12-5(1)9)2(8)6(10)11-3;2*1-3-5(2)4-6;;;;;/h9-14,19-22H,5-8H2,1-4H3,(H,17,23)(H,18,24);1-4,7-8H;2*5H,3-4,6H2,1-2H3;1H4;2*1H;;1H2/q;;;;;;;+1;/p-1/t9?,10?,11-,12-,13-,14+;1-,2+,3-,4-;;;;;;;/m01......./s1. The molecule has 0 bridgehead atoms. The van der Waals surface area contributed by atoms with Crippen LogP contribution in [0.1, 0.15) is 88.5 Å². The van der Waals surface area contributed by atoms with E-state index in [9.17, 15) is 39.6 Å². The first-order valence-electron chi connectivity index (χ1n) is 17.0. The number of carbonyl (C=O) groups excluding carboxylic acids is 4. The van der Waals surface area contributed by atoms with Crippen molar-refractivity contribution in [3.63, 3.8) is 0 Å². The van der Waals surface area contributed by atoms with E-state index in [1.807, 2.05) is 27.7 Å². The second-order valence-corrected chi connectivity index (χ2v) is 12.7. The molecule has 12 atom stereocenters. The molecule has 316 valence electrons. The molecule has 0 saturated carbocycles. The van der Waals surface area contributed by atoms with Gasteiger partial charge in [0.1, 0.15) is 12.2 Å². The van der Waals surface area contributed by atoms with Gasteiger partial charge in [0.15, 0.2) is 36.6 Å². The van der Waals surface area contributed by atoms with Crippen molar-refractivity contribution < 1.29 is 131 Å². The molecule has 2 aliphatic heterocycles. The molecular weight excluding hydrogens is 754 g/mol. The number of nitrogens with one attached hydrogen (secondary N) is 2. The molecule has 15 N–H and O–H groups in total. The molecule has 2 heterocycles. The van der Waals surface area contributed by atoms with Crippen LogP contribution in [0.2, 0.25) is 0 Å². The zero-order valence-corrected chi connectivity index (χ0v) is 35.8. The van der Waals surface area contributed by atoms with E-state index in [0.717, 1.165) is 37.8 Å². The van der Waals surface area contributed by atoms with Crippen molar-refractivity contribution in [3.05, 3.63) is 0 Å². The van der Waals surface area contributed by atoms with Gasteiger partial charge in [0, 0.05) is 24.9 Å². The molecule has 2 rings (SSSR count). The van der Waals surface area contributed by atoms with Gasteiger partial charge in [-0.1, -0.05) is 75.7 Å². The Morgan fingerprint density at radius 1 is 0.642 bits per heavy atom. The van der Waals surface area contributed by atoms with Crippen molar-refractivity contribution in [1.29, 1.82) is 0 Å². The molecule has 2 aliphatic rings. The number of carbonyl (C=O) groups is 4. The molecule has 17 nitrogen and oxygen atoms in total. The van der Waals surface area contributed by atoms with Crippen LogP contribution in [-0.4, -0.2) is 135 Å². The zero-order chi connectivity index (χ0) is 37.7. The molecule has 20 heteroatoms. The first-order valence-corrected chi connectivity index (χ1v) is 17.0. The predicted molar refractivity (Wildman–Crippen MR) is 184 cm³/mol. The number of rotatable bonds is 15. The number of hydrogen-bond acceptors (Lipinski definition) is 13. The van der Waals surface area contributed by atoms with Crippen LogP contribution < -0.4 is 76.5 Å². The van der Waals surface area contributed by atoms with Gasteiger partial charge in [-0.25, -0.2) is 9.59 Å². The van der Waals surface area contributed by atoms with Crippen LogP contribution in [0.25, 0.3) is 0 Å². The molecule has 2 saturated heterocycles. The molecular formula is C33H71Cl2N4NaO13. The van der Waals surface area contributed by atoms with Gasteiger partial charge in [-0.3, -0.25) is 9.59 Å². The molecule has 0 aromatic carbocycles. The van der Waals surface area contributed by atoms with Crippen LogP contribution in [-0.2, 0) is 28.7 Å². The summed E-state index contributed by atoms with van der Waals surface area (Å²) in [7, 11) is 0. The van der Waals surface area contributed by atoms with Gasteiger partial charge in [0.2, 0.25) is 0 Å². The zero-order valence-electron chi connectivity index (χ0n) is 32.3. The summed E-state index contributed by atoms with van der Waals surface area (Å²) in [6.07, 6.45) is -8.66.